The van der Waals surface area contributed by atoms with Gasteiger partial charge in [0.25, 0.3) is 0 Å². The average molecular weight is 382 g/mol. The van der Waals surface area contributed by atoms with Gasteiger partial charge in [-0.2, -0.15) is 0 Å². The Hall–Kier alpha value is -1.79. The van der Waals surface area contributed by atoms with Crippen LogP contribution in [0, 0.1) is 5.92 Å². The Morgan fingerprint density at radius 1 is 1.31 bits per heavy atom. The summed E-state index contributed by atoms with van der Waals surface area (Å²) in [4.78, 5) is 29.0. The molecule has 0 bridgehead atoms. The molecule has 1 aromatic carbocycles. The molecule has 2 fully saturated rings. The Bertz CT molecular complexity index is 623. The van der Waals surface area contributed by atoms with E-state index in [0.29, 0.717) is 19.5 Å². The summed E-state index contributed by atoms with van der Waals surface area (Å²) < 4.78 is 5.16. The second-order valence-corrected chi connectivity index (χ2v) is 6.91. The summed E-state index contributed by atoms with van der Waals surface area (Å²) in [7, 11) is 3.55. The van der Waals surface area contributed by atoms with Gasteiger partial charge in [-0.15, -0.1) is 12.4 Å². The van der Waals surface area contributed by atoms with Crippen LogP contribution in [0.5, 0.6) is 5.75 Å². The summed E-state index contributed by atoms with van der Waals surface area (Å²) in [5.74, 6) is 0.805. The van der Waals surface area contributed by atoms with Gasteiger partial charge in [0.05, 0.1) is 13.0 Å². The summed E-state index contributed by atoms with van der Waals surface area (Å²) in [5, 5.41) is 3.16. The molecule has 0 aliphatic carbocycles. The van der Waals surface area contributed by atoms with E-state index >= 15 is 0 Å². The highest BCUT2D eigenvalue weighted by Gasteiger charge is 2.39. The lowest BCUT2D eigenvalue weighted by Crippen LogP contribution is -2.44. The van der Waals surface area contributed by atoms with E-state index in [2.05, 4.69) is 5.32 Å². The third-order valence-electron chi connectivity index (χ3n) is 5.20. The predicted octanol–water partition coefficient (Wildman–Crippen LogP) is 1.68. The number of nitrogens with zero attached hydrogens (tertiary/aromatic N) is 2. The molecule has 2 aliphatic heterocycles. The van der Waals surface area contributed by atoms with Crippen LogP contribution < -0.4 is 10.1 Å². The average Bonchev–Trinajstić information content (AvgIpc) is 3.22. The summed E-state index contributed by atoms with van der Waals surface area (Å²) in [6.07, 6.45) is 2.43. The molecular formula is C19H28ClN3O3. The van der Waals surface area contributed by atoms with Crippen molar-refractivity contribution in [2.45, 2.75) is 31.8 Å². The number of hydrogen-bond acceptors (Lipinski definition) is 4. The minimum absolute atomic E-state index is 0. The number of likely N-dealkylation sites (tertiary alicyclic amines) is 2. The highest BCUT2D eigenvalue weighted by atomic mass is 35.5. The van der Waals surface area contributed by atoms with Gasteiger partial charge in [-0.1, -0.05) is 12.1 Å². The van der Waals surface area contributed by atoms with Crippen molar-refractivity contribution in [3.8, 4) is 5.75 Å². The molecular weight excluding hydrogens is 354 g/mol. The van der Waals surface area contributed by atoms with Crippen LogP contribution in [0.1, 0.15) is 24.8 Å². The zero-order chi connectivity index (χ0) is 17.8. The molecule has 3 rings (SSSR count). The van der Waals surface area contributed by atoms with E-state index in [9.17, 15) is 9.59 Å². The molecule has 2 heterocycles. The number of halogens is 1. The van der Waals surface area contributed by atoms with E-state index in [0.717, 1.165) is 37.2 Å². The van der Waals surface area contributed by atoms with E-state index in [1.807, 2.05) is 36.2 Å². The zero-order valence-electron chi connectivity index (χ0n) is 15.4. The summed E-state index contributed by atoms with van der Waals surface area (Å²) in [6, 6.07) is 7.98. The minimum Gasteiger partial charge on any atom is -0.497 e. The first-order valence-electron chi connectivity index (χ1n) is 8.98. The first-order chi connectivity index (χ1) is 12.1. The summed E-state index contributed by atoms with van der Waals surface area (Å²) >= 11 is 0. The second kappa shape index (κ2) is 9.24. The molecule has 1 N–H and O–H groups in total. The fraction of sp³-hybridized carbons (Fsp3) is 0.579. The lowest BCUT2D eigenvalue weighted by atomic mass is 10.1. The Morgan fingerprint density at radius 2 is 2.04 bits per heavy atom. The van der Waals surface area contributed by atoms with Crippen molar-refractivity contribution in [3.05, 3.63) is 29.8 Å². The molecule has 6 nitrogen and oxygen atoms in total. The zero-order valence-corrected chi connectivity index (χ0v) is 16.3. The van der Waals surface area contributed by atoms with Crippen LogP contribution in [0.4, 0.5) is 0 Å². The first kappa shape index (κ1) is 20.5. The monoisotopic (exact) mass is 381 g/mol. The van der Waals surface area contributed by atoms with E-state index in [-0.39, 0.29) is 36.2 Å². The number of ether oxygens (including phenoxy) is 1. The standard InChI is InChI=1S/C19H27N3O3.ClH/c1-20-11-16-4-3-9-22(16)19(24)15-10-18(23)21(13-15)12-14-5-7-17(25-2)8-6-14;/h5-8,15-16,20H,3-4,9-13H2,1-2H3;1H. The molecule has 2 unspecified atom stereocenters. The maximum Gasteiger partial charge on any atom is 0.228 e. The van der Waals surface area contributed by atoms with Gasteiger partial charge in [-0.05, 0) is 37.6 Å². The highest BCUT2D eigenvalue weighted by Crippen LogP contribution is 2.26. The van der Waals surface area contributed by atoms with Gasteiger partial charge in [0, 0.05) is 38.6 Å². The Labute approximate surface area is 161 Å². The van der Waals surface area contributed by atoms with Gasteiger partial charge in [-0.3, -0.25) is 9.59 Å². The number of rotatable bonds is 6. The number of methoxy groups -OCH3 is 1. The van der Waals surface area contributed by atoms with Crippen molar-refractivity contribution >= 4 is 24.2 Å². The Kier molecular flexibility index (Phi) is 7.29. The number of benzene rings is 1. The Balaban J connectivity index is 0.00000243. The normalized spacial score (nSPS) is 22.5. The number of amides is 2. The molecule has 0 aromatic heterocycles. The van der Waals surface area contributed by atoms with E-state index in [1.54, 1.807) is 12.0 Å². The number of carbonyl (C=O) groups excluding carboxylic acids is 2. The van der Waals surface area contributed by atoms with Crippen molar-refractivity contribution in [3.63, 3.8) is 0 Å². The quantitative estimate of drug-likeness (QED) is 0.814. The van der Waals surface area contributed by atoms with Crippen molar-refractivity contribution < 1.29 is 14.3 Å². The number of nitrogens with one attached hydrogen (secondary N) is 1. The van der Waals surface area contributed by atoms with Gasteiger partial charge in [-0.25, -0.2) is 0 Å². The van der Waals surface area contributed by atoms with Gasteiger partial charge >= 0.3 is 0 Å². The van der Waals surface area contributed by atoms with Gasteiger partial charge < -0.3 is 19.9 Å². The van der Waals surface area contributed by atoms with Crippen LogP contribution in [-0.4, -0.2) is 61.4 Å². The molecule has 26 heavy (non-hydrogen) atoms. The largest absolute Gasteiger partial charge is 0.497 e. The van der Waals surface area contributed by atoms with Crippen molar-refractivity contribution in [2.75, 3.05) is 33.8 Å². The second-order valence-electron chi connectivity index (χ2n) is 6.91. The SMILES string of the molecule is CNCC1CCCN1C(=O)C1CC(=O)N(Cc2ccc(OC)cc2)C1.Cl. The fourth-order valence-corrected chi connectivity index (χ4v) is 3.85. The lowest BCUT2D eigenvalue weighted by Gasteiger charge is -2.27. The molecule has 1 aromatic rings. The number of carbonyl (C=O) groups is 2. The van der Waals surface area contributed by atoms with Crippen LogP contribution in [0.3, 0.4) is 0 Å². The molecule has 2 aliphatic rings. The topological polar surface area (TPSA) is 61.9 Å². The van der Waals surface area contributed by atoms with Crippen LogP contribution in [0.2, 0.25) is 0 Å². The van der Waals surface area contributed by atoms with Gasteiger partial charge in [0.15, 0.2) is 0 Å². The minimum atomic E-state index is -0.205. The third kappa shape index (κ3) is 4.48. The molecule has 0 radical (unpaired) electrons. The molecule has 0 saturated carbocycles. The fourth-order valence-electron chi connectivity index (χ4n) is 3.85. The third-order valence-corrected chi connectivity index (χ3v) is 5.20. The van der Waals surface area contributed by atoms with Crippen LogP contribution in [0.15, 0.2) is 24.3 Å². The van der Waals surface area contributed by atoms with Crippen molar-refractivity contribution in [1.29, 1.82) is 0 Å². The molecule has 2 amide bonds. The summed E-state index contributed by atoms with van der Waals surface area (Å²) in [5.41, 5.74) is 1.05. The molecule has 144 valence electrons. The maximum absolute atomic E-state index is 12.9. The van der Waals surface area contributed by atoms with E-state index in [1.165, 1.54) is 0 Å². The van der Waals surface area contributed by atoms with E-state index in [4.69, 9.17) is 4.74 Å². The Morgan fingerprint density at radius 3 is 2.69 bits per heavy atom. The molecule has 7 heteroatoms. The van der Waals surface area contributed by atoms with Crippen LogP contribution in [0.25, 0.3) is 0 Å². The van der Waals surface area contributed by atoms with Gasteiger partial charge in [0.1, 0.15) is 5.75 Å². The smallest absolute Gasteiger partial charge is 0.228 e. The maximum atomic E-state index is 12.9. The van der Waals surface area contributed by atoms with Crippen molar-refractivity contribution in [1.82, 2.24) is 15.1 Å². The molecule has 2 saturated heterocycles. The number of likely N-dealkylation sites (N-methyl/N-ethyl adjacent to an activating group) is 1. The summed E-state index contributed by atoms with van der Waals surface area (Å²) in [6.45, 7) is 2.70. The lowest BCUT2D eigenvalue weighted by molar-refractivity contribution is -0.136. The van der Waals surface area contributed by atoms with E-state index < -0.39 is 0 Å². The molecule has 0 spiro atoms. The van der Waals surface area contributed by atoms with Crippen LogP contribution in [-0.2, 0) is 16.1 Å². The molecule has 2 atom stereocenters. The van der Waals surface area contributed by atoms with Crippen molar-refractivity contribution in [2.24, 2.45) is 5.92 Å². The number of hydrogen-bond donors (Lipinski definition) is 1. The highest BCUT2D eigenvalue weighted by molar-refractivity contribution is 5.89. The predicted molar refractivity (Wildman–Crippen MR) is 102 cm³/mol. The van der Waals surface area contributed by atoms with Crippen LogP contribution >= 0.6 is 12.4 Å². The van der Waals surface area contributed by atoms with Gasteiger partial charge in [0.2, 0.25) is 11.8 Å². The first-order valence-corrected chi connectivity index (χ1v) is 8.98.